The fraction of sp³-hybridized carbons (Fsp3) is 0.391. The lowest BCUT2D eigenvalue weighted by molar-refractivity contribution is 0.0586. The first-order chi connectivity index (χ1) is 14.9. The number of nitrogens with zero attached hydrogens (tertiary/aromatic N) is 2. The van der Waals surface area contributed by atoms with Crippen LogP contribution in [0, 0.1) is 0 Å². The van der Waals surface area contributed by atoms with Gasteiger partial charge in [-0.25, -0.2) is 4.79 Å². The first kappa shape index (κ1) is 22.3. The van der Waals surface area contributed by atoms with Crippen LogP contribution >= 0.6 is 35.0 Å². The summed E-state index contributed by atoms with van der Waals surface area (Å²) in [7, 11) is 0. The highest BCUT2D eigenvalue weighted by atomic mass is 35.5. The van der Waals surface area contributed by atoms with Gasteiger partial charge in [0.1, 0.15) is 0 Å². The number of hydrogen-bond acceptors (Lipinski definition) is 3. The highest BCUT2D eigenvalue weighted by Crippen LogP contribution is 2.45. The first-order valence-electron chi connectivity index (χ1n) is 10.5. The molecule has 8 heteroatoms. The zero-order valence-electron chi connectivity index (χ0n) is 17.4. The van der Waals surface area contributed by atoms with Crippen LogP contribution in [0.5, 0.6) is 0 Å². The number of likely N-dealkylation sites (tertiary alicyclic amines) is 1. The maximum absolute atomic E-state index is 13.3. The van der Waals surface area contributed by atoms with Gasteiger partial charge in [0.2, 0.25) is 0 Å². The summed E-state index contributed by atoms with van der Waals surface area (Å²) in [5.74, 6) is 0.813. The second-order valence-electron chi connectivity index (χ2n) is 7.84. The number of aryl methyl sites for hydroxylation is 1. The van der Waals surface area contributed by atoms with Gasteiger partial charge in [-0.05, 0) is 55.2 Å². The summed E-state index contributed by atoms with van der Waals surface area (Å²) in [6, 6.07) is 12.8. The molecule has 5 nitrogen and oxygen atoms in total. The van der Waals surface area contributed by atoms with E-state index < -0.39 is 0 Å². The Hall–Kier alpha value is -1.89. The summed E-state index contributed by atoms with van der Waals surface area (Å²) in [5, 5.41) is 3.86. The summed E-state index contributed by atoms with van der Waals surface area (Å²) in [6.07, 6.45) is 2.43. The molecule has 0 aromatic heterocycles. The molecule has 2 aromatic carbocycles. The number of anilines is 1. The molecule has 0 atom stereocenters. The van der Waals surface area contributed by atoms with E-state index in [-0.39, 0.29) is 16.8 Å². The van der Waals surface area contributed by atoms with Crippen LogP contribution in [-0.4, -0.2) is 52.0 Å². The maximum atomic E-state index is 13.3. The number of rotatable bonds is 3. The van der Waals surface area contributed by atoms with Crippen molar-refractivity contribution in [3.05, 3.63) is 63.6 Å². The van der Waals surface area contributed by atoms with Crippen LogP contribution in [0.25, 0.3) is 0 Å². The van der Waals surface area contributed by atoms with Crippen molar-refractivity contribution in [1.29, 1.82) is 0 Å². The number of thioether (sulfide) groups is 1. The maximum Gasteiger partial charge on any atom is 0.321 e. The topological polar surface area (TPSA) is 52.7 Å². The molecular formula is C23H25Cl2N3O2S. The second-order valence-corrected chi connectivity index (χ2v) is 10.1. The molecule has 164 valence electrons. The predicted molar refractivity (Wildman–Crippen MR) is 128 cm³/mol. The van der Waals surface area contributed by atoms with Crippen molar-refractivity contribution in [1.82, 2.24) is 9.80 Å². The van der Waals surface area contributed by atoms with Gasteiger partial charge in [-0.3, -0.25) is 4.79 Å². The number of piperidine rings is 1. The van der Waals surface area contributed by atoms with Crippen molar-refractivity contribution in [2.24, 2.45) is 0 Å². The van der Waals surface area contributed by atoms with E-state index in [0.717, 1.165) is 30.7 Å². The molecule has 2 aliphatic heterocycles. The highest BCUT2D eigenvalue weighted by Gasteiger charge is 2.47. The Balaban J connectivity index is 1.41. The van der Waals surface area contributed by atoms with Gasteiger partial charge < -0.3 is 15.1 Å². The third-order valence-electron chi connectivity index (χ3n) is 6.03. The van der Waals surface area contributed by atoms with Gasteiger partial charge in [-0.2, -0.15) is 0 Å². The minimum absolute atomic E-state index is 0.0689. The fourth-order valence-electron chi connectivity index (χ4n) is 4.20. The molecule has 0 saturated carbocycles. The largest absolute Gasteiger partial charge is 0.324 e. The van der Waals surface area contributed by atoms with E-state index in [9.17, 15) is 9.59 Å². The quantitative estimate of drug-likeness (QED) is 0.610. The van der Waals surface area contributed by atoms with E-state index in [0.29, 0.717) is 35.2 Å². The Morgan fingerprint density at radius 1 is 1.06 bits per heavy atom. The molecule has 2 fully saturated rings. The summed E-state index contributed by atoms with van der Waals surface area (Å²) in [6.45, 7) is 3.99. The van der Waals surface area contributed by atoms with Gasteiger partial charge in [0, 0.05) is 36.1 Å². The van der Waals surface area contributed by atoms with Crippen LogP contribution in [0.2, 0.25) is 10.0 Å². The molecule has 1 N–H and O–H groups in total. The van der Waals surface area contributed by atoms with Crippen molar-refractivity contribution >= 4 is 52.6 Å². The van der Waals surface area contributed by atoms with E-state index in [1.165, 1.54) is 5.56 Å². The van der Waals surface area contributed by atoms with Crippen LogP contribution in [0.3, 0.4) is 0 Å². The van der Waals surface area contributed by atoms with Gasteiger partial charge in [-0.15, -0.1) is 11.8 Å². The number of benzene rings is 2. The van der Waals surface area contributed by atoms with E-state index in [1.54, 1.807) is 30.0 Å². The smallest absolute Gasteiger partial charge is 0.321 e. The van der Waals surface area contributed by atoms with Gasteiger partial charge in [0.15, 0.2) is 0 Å². The number of halogens is 2. The van der Waals surface area contributed by atoms with Gasteiger partial charge in [0.05, 0.1) is 15.5 Å². The summed E-state index contributed by atoms with van der Waals surface area (Å²) >= 11 is 14.1. The Morgan fingerprint density at radius 2 is 1.77 bits per heavy atom. The van der Waals surface area contributed by atoms with Crippen molar-refractivity contribution in [2.75, 3.05) is 30.7 Å². The minimum atomic E-state index is -0.292. The molecule has 4 rings (SSSR count). The summed E-state index contributed by atoms with van der Waals surface area (Å²) in [5.41, 5.74) is 2.51. The molecule has 0 aliphatic carbocycles. The zero-order chi connectivity index (χ0) is 22.0. The van der Waals surface area contributed by atoms with Crippen molar-refractivity contribution < 1.29 is 9.59 Å². The number of urea groups is 1. The molecule has 2 aromatic rings. The lowest BCUT2D eigenvalue weighted by Crippen LogP contribution is -2.54. The molecular weight excluding hydrogens is 453 g/mol. The normalized spacial score (nSPS) is 17.8. The lowest BCUT2D eigenvalue weighted by Gasteiger charge is -2.44. The SMILES string of the molecule is CCc1ccc(NC(=O)N2CCC3(CC2)SCCN3C(=O)c2ccc(Cl)cc2Cl)cc1. The first-order valence-corrected chi connectivity index (χ1v) is 12.2. The number of nitrogens with one attached hydrogen (secondary N) is 1. The lowest BCUT2D eigenvalue weighted by atomic mass is 10.0. The van der Waals surface area contributed by atoms with Crippen LogP contribution in [-0.2, 0) is 6.42 Å². The van der Waals surface area contributed by atoms with Crippen molar-refractivity contribution in [2.45, 2.75) is 31.1 Å². The molecule has 31 heavy (non-hydrogen) atoms. The van der Waals surface area contributed by atoms with Crippen LogP contribution in [0.4, 0.5) is 10.5 Å². The monoisotopic (exact) mass is 477 g/mol. The zero-order valence-corrected chi connectivity index (χ0v) is 19.7. The molecule has 3 amide bonds. The predicted octanol–water partition coefficient (Wildman–Crippen LogP) is 5.77. The van der Waals surface area contributed by atoms with E-state index in [4.69, 9.17) is 23.2 Å². The minimum Gasteiger partial charge on any atom is -0.324 e. The van der Waals surface area contributed by atoms with Gasteiger partial charge in [0.25, 0.3) is 5.91 Å². The van der Waals surface area contributed by atoms with Crippen LogP contribution in [0.1, 0.15) is 35.7 Å². The Labute approximate surface area is 197 Å². The Morgan fingerprint density at radius 3 is 2.42 bits per heavy atom. The highest BCUT2D eigenvalue weighted by molar-refractivity contribution is 8.00. The number of carbonyl (C=O) groups is 2. The second kappa shape index (κ2) is 9.31. The van der Waals surface area contributed by atoms with E-state index in [2.05, 4.69) is 12.2 Å². The molecule has 2 saturated heterocycles. The third-order valence-corrected chi connectivity index (χ3v) is 8.13. The Kier molecular flexibility index (Phi) is 6.70. The van der Waals surface area contributed by atoms with Gasteiger partial charge >= 0.3 is 6.03 Å². The molecule has 1 spiro atoms. The number of amides is 3. The summed E-state index contributed by atoms with van der Waals surface area (Å²) in [4.78, 5) is 29.5. The Bertz CT molecular complexity index is 975. The molecule has 0 radical (unpaired) electrons. The molecule has 2 aliphatic rings. The average Bonchev–Trinajstić information content (AvgIpc) is 3.17. The van der Waals surface area contributed by atoms with Crippen LogP contribution < -0.4 is 5.32 Å². The van der Waals surface area contributed by atoms with Gasteiger partial charge in [-0.1, -0.05) is 42.3 Å². The van der Waals surface area contributed by atoms with E-state index >= 15 is 0 Å². The van der Waals surface area contributed by atoms with E-state index in [1.807, 2.05) is 34.1 Å². The molecule has 0 unspecified atom stereocenters. The molecule has 2 heterocycles. The molecule has 0 bridgehead atoms. The average molecular weight is 478 g/mol. The van der Waals surface area contributed by atoms with Crippen molar-refractivity contribution in [3.8, 4) is 0 Å². The standard InChI is InChI=1S/C23H25Cl2N3O2S/c1-2-16-3-6-18(7-4-16)26-22(30)27-11-9-23(10-12-27)28(13-14-31-23)21(29)19-8-5-17(24)15-20(19)25/h3-8,15H,2,9-14H2,1H3,(H,26,30). The van der Waals surface area contributed by atoms with Crippen LogP contribution in [0.15, 0.2) is 42.5 Å². The number of hydrogen-bond donors (Lipinski definition) is 1. The third kappa shape index (κ3) is 4.66. The number of carbonyl (C=O) groups excluding carboxylic acids is 2. The van der Waals surface area contributed by atoms with Crippen molar-refractivity contribution in [3.63, 3.8) is 0 Å². The summed E-state index contributed by atoms with van der Waals surface area (Å²) < 4.78 is 0. The fourth-order valence-corrected chi connectivity index (χ4v) is 6.15.